The number of halogens is 2. The Labute approximate surface area is 114 Å². The molecule has 0 bridgehead atoms. The topological polar surface area (TPSA) is 72.5 Å². The molecule has 0 aliphatic heterocycles. The van der Waals surface area contributed by atoms with E-state index in [1.54, 1.807) is 6.92 Å². The first-order valence-corrected chi connectivity index (χ1v) is 7.60. The van der Waals surface area contributed by atoms with Gasteiger partial charge < -0.3 is 10.1 Å². The van der Waals surface area contributed by atoms with Crippen LogP contribution in [0.4, 0.5) is 0 Å². The minimum atomic E-state index is -4.06. The highest BCUT2D eigenvalue weighted by molar-refractivity contribution is 8.13. The lowest BCUT2D eigenvalue weighted by atomic mass is 10.2. The maximum absolute atomic E-state index is 11.8. The van der Waals surface area contributed by atoms with E-state index >= 15 is 0 Å². The van der Waals surface area contributed by atoms with E-state index in [2.05, 4.69) is 5.32 Å². The van der Waals surface area contributed by atoms with Crippen LogP contribution < -0.4 is 10.1 Å². The van der Waals surface area contributed by atoms with Crippen LogP contribution >= 0.6 is 22.3 Å². The van der Waals surface area contributed by atoms with Crippen molar-refractivity contribution in [3.63, 3.8) is 0 Å². The minimum Gasteiger partial charge on any atom is -0.494 e. The van der Waals surface area contributed by atoms with Crippen molar-refractivity contribution in [2.24, 2.45) is 0 Å². The van der Waals surface area contributed by atoms with Gasteiger partial charge in [0, 0.05) is 22.2 Å². The number of rotatable bonds is 4. The van der Waals surface area contributed by atoms with Gasteiger partial charge in [-0.2, -0.15) is 0 Å². The highest BCUT2D eigenvalue weighted by Crippen LogP contribution is 2.33. The fourth-order valence-electron chi connectivity index (χ4n) is 1.38. The number of ether oxygens (including phenoxy) is 1. The Kier molecular flexibility index (Phi) is 4.84. The van der Waals surface area contributed by atoms with E-state index in [-0.39, 0.29) is 21.2 Å². The average molecular weight is 312 g/mol. The van der Waals surface area contributed by atoms with E-state index < -0.39 is 15.0 Å². The minimum absolute atomic E-state index is 0.0195. The van der Waals surface area contributed by atoms with Crippen molar-refractivity contribution in [3.05, 3.63) is 22.7 Å². The number of hydrogen-bond acceptors (Lipinski definition) is 4. The third-order valence-corrected chi connectivity index (χ3v) is 3.61. The van der Waals surface area contributed by atoms with Crippen LogP contribution in [0.2, 0.25) is 5.02 Å². The molecule has 0 saturated carbocycles. The molecule has 100 valence electrons. The van der Waals surface area contributed by atoms with E-state index in [4.69, 9.17) is 27.0 Å². The Hall–Kier alpha value is -0.980. The number of hydrogen-bond donors (Lipinski definition) is 1. The molecule has 8 heteroatoms. The normalized spacial score (nSPS) is 11.1. The van der Waals surface area contributed by atoms with E-state index in [1.807, 2.05) is 0 Å². The maximum atomic E-state index is 11.8. The number of nitrogens with one attached hydrogen (secondary N) is 1. The SMILES string of the molecule is CCNC(=O)c1cc(Cl)cc(S(=O)(=O)Cl)c1OC. The van der Waals surface area contributed by atoms with Crippen molar-refractivity contribution in [1.82, 2.24) is 5.32 Å². The van der Waals surface area contributed by atoms with Crippen molar-refractivity contribution >= 4 is 37.2 Å². The van der Waals surface area contributed by atoms with Gasteiger partial charge in [0.05, 0.1) is 12.7 Å². The molecule has 0 unspecified atom stereocenters. The highest BCUT2D eigenvalue weighted by Gasteiger charge is 2.24. The molecular formula is C10H11Cl2NO4S. The van der Waals surface area contributed by atoms with Gasteiger partial charge in [-0.05, 0) is 19.1 Å². The van der Waals surface area contributed by atoms with E-state index in [0.717, 1.165) is 6.07 Å². The number of benzene rings is 1. The quantitative estimate of drug-likeness (QED) is 0.863. The molecule has 0 spiro atoms. The van der Waals surface area contributed by atoms with Crippen molar-refractivity contribution in [2.75, 3.05) is 13.7 Å². The molecule has 0 radical (unpaired) electrons. The molecule has 0 atom stereocenters. The summed E-state index contributed by atoms with van der Waals surface area (Å²) in [6, 6.07) is 2.45. The fraction of sp³-hybridized carbons (Fsp3) is 0.300. The summed E-state index contributed by atoms with van der Waals surface area (Å²) in [6.07, 6.45) is 0. The molecule has 5 nitrogen and oxygen atoms in total. The molecule has 0 fully saturated rings. The Morgan fingerprint density at radius 1 is 1.44 bits per heavy atom. The molecule has 1 amide bonds. The second kappa shape index (κ2) is 5.77. The van der Waals surface area contributed by atoms with Gasteiger partial charge in [0.2, 0.25) is 0 Å². The second-order valence-corrected chi connectivity index (χ2v) is 6.25. The van der Waals surface area contributed by atoms with Crippen LogP contribution in [0.5, 0.6) is 5.75 Å². The lowest BCUT2D eigenvalue weighted by molar-refractivity contribution is 0.0952. The van der Waals surface area contributed by atoms with Gasteiger partial charge in [0.1, 0.15) is 4.90 Å². The van der Waals surface area contributed by atoms with Crippen LogP contribution in [0, 0.1) is 0 Å². The van der Waals surface area contributed by atoms with Gasteiger partial charge in [-0.15, -0.1) is 0 Å². The van der Waals surface area contributed by atoms with Crippen LogP contribution in [-0.4, -0.2) is 28.0 Å². The summed E-state index contributed by atoms with van der Waals surface area (Å²) >= 11 is 5.77. The lowest BCUT2D eigenvalue weighted by Crippen LogP contribution is -2.23. The number of amides is 1. The molecule has 0 aromatic heterocycles. The zero-order valence-corrected chi connectivity index (χ0v) is 12.0. The zero-order valence-electron chi connectivity index (χ0n) is 9.66. The van der Waals surface area contributed by atoms with Crippen molar-refractivity contribution in [1.29, 1.82) is 0 Å². The Balaban J connectivity index is 3.53. The average Bonchev–Trinajstić information content (AvgIpc) is 2.27. The molecule has 1 rings (SSSR count). The first-order valence-electron chi connectivity index (χ1n) is 4.91. The van der Waals surface area contributed by atoms with Gasteiger partial charge >= 0.3 is 0 Å². The van der Waals surface area contributed by atoms with Crippen LogP contribution in [0.3, 0.4) is 0 Å². The standard InChI is InChI=1S/C10H11Cl2NO4S/c1-3-13-10(14)7-4-6(11)5-8(9(7)17-2)18(12,15)16/h4-5H,3H2,1-2H3,(H,13,14). The molecule has 0 aliphatic rings. The molecule has 0 aliphatic carbocycles. The van der Waals surface area contributed by atoms with Crippen molar-refractivity contribution in [2.45, 2.75) is 11.8 Å². The molecule has 1 aromatic carbocycles. The lowest BCUT2D eigenvalue weighted by Gasteiger charge is -2.12. The van der Waals surface area contributed by atoms with Crippen LogP contribution in [0.15, 0.2) is 17.0 Å². The summed E-state index contributed by atoms with van der Waals surface area (Å²) in [5.41, 5.74) is 0.0195. The molecule has 18 heavy (non-hydrogen) atoms. The zero-order chi connectivity index (χ0) is 13.9. The third-order valence-electron chi connectivity index (χ3n) is 2.07. The monoisotopic (exact) mass is 311 g/mol. The number of methoxy groups -OCH3 is 1. The smallest absolute Gasteiger partial charge is 0.265 e. The number of carbonyl (C=O) groups is 1. The number of carbonyl (C=O) groups excluding carboxylic acids is 1. The van der Waals surface area contributed by atoms with E-state index in [0.29, 0.717) is 6.54 Å². The highest BCUT2D eigenvalue weighted by atomic mass is 35.7. The van der Waals surface area contributed by atoms with Gasteiger partial charge in [-0.1, -0.05) is 11.6 Å². The Morgan fingerprint density at radius 3 is 2.50 bits per heavy atom. The summed E-state index contributed by atoms with van der Waals surface area (Å²) in [7, 11) is 2.46. The molecule has 0 saturated heterocycles. The molecule has 1 aromatic rings. The Bertz CT molecular complexity index is 571. The predicted molar refractivity (Wildman–Crippen MR) is 69.1 cm³/mol. The van der Waals surface area contributed by atoms with E-state index in [9.17, 15) is 13.2 Å². The Morgan fingerprint density at radius 2 is 2.06 bits per heavy atom. The van der Waals surface area contributed by atoms with Gasteiger partial charge in [-0.3, -0.25) is 4.79 Å². The fourth-order valence-corrected chi connectivity index (χ4v) is 2.69. The summed E-state index contributed by atoms with van der Waals surface area (Å²) in [5.74, 6) is -0.612. The summed E-state index contributed by atoms with van der Waals surface area (Å²) in [6.45, 7) is 2.12. The predicted octanol–water partition coefficient (Wildman–Crippen LogP) is 2.03. The van der Waals surface area contributed by atoms with Gasteiger partial charge in [-0.25, -0.2) is 8.42 Å². The van der Waals surface area contributed by atoms with Crippen LogP contribution in [0.25, 0.3) is 0 Å². The largest absolute Gasteiger partial charge is 0.494 e. The molecule has 0 heterocycles. The van der Waals surface area contributed by atoms with Gasteiger partial charge in [0.15, 0.2) is 5.75 Å². The van der Waals surface area contributed by atoms with Crippen LogP contribution in [-0.2, 0) is 9.05 Å². The summed E-state index contributed by atoms with van der Waals surface area (Å²) < 4.78 is 27.7. The molecular weight excluding hydrogens is 301 g/mol. The maximum Gasteiger partial charge on any atom is 0.265 e. The third kappa shape index (κ3) is 3.28. The summed E-state index contributed by atoms with van der Waals surface area (Å²) in [5, 5.41) is 2.61. The van der Waals surface area contributed by atoms with Gasteiger partial charge in [0.25, 0.3) is 15.0 Å². The summed E-state index contributed by atoms with van der Waals surface area (Å²) in [4.78, 5) is 11.4. The van der Waals surface area contributed by atoms with Crippen LogP contribution in [0.1, 0.15) is 17.3 Å². The first-order chi connectivity index (χ1) is 8.31. The van der Waals surface area contributed by atoms with Crippen molar-refractivity contribution in [3.8, 4) is 5.75 Å². The first kappa shape index (κ1) is 15.1. The second-order valence-electron chi connectivity index (χ2n) is 3.28. The molecule has 1 N–H and O–H groups in total. The van der Waals surface area contributed by atoms with E-state index in [1.165, 1.54) is 13.2 Å². The van der Waals surface area contributed by atoms with Crippen molar-refractivity contribution < 1.29 is 17.9 Å².